The molecule has 0 aromatic heterocycles. The molecule has 0 saturated carbocycles. The molecule has 0 amide bonds. The molecule has 0 aliphatic carbocycles. The Labute approximate surface area is 138 Å². The Balaban J connectivity index is 2.54. The van der Waals surface area contributed by atoms with Crippen molar-refractivity contribution in [3.05, 3.63) is 59.9 Å². The van der Waals surface area contributed by atoms with Crippen LogP contribution in [0, 0.1) is 31.1 Å². The summed E-state index contributed by atoms with van der Waals surface area (Å²) in [5, 5.41) is 10.9. The van der Waals surface area contributed by atoms with Crippen molar-refractivity contribution in [1.82, 2.24) is 0 Å². The fourth-order valence-electron chi connectivity index (χ4n) is 1.47. The van der Waals surface area contributed by atoms with Crippen molar-refractivity contribution in [2.45, 2.75) is 0 Å². The molecule has 2 rings (SSSR count). The second-order valence-electron chi connectivity index (χ2n) is 3.79. The van der Waals surface area contributed by atoms with E-state index in [-0.39, 0.29) is 8.04 Å². The number of nitrogens with zero attached hydrogens (tertiary/aromatic N) is 1. The summed E-state index contributed by atoms with van der Waals surface area (Å²) in [4.78, 5) is 10.1. The Kier molecular flexibility index (Phi) is 4.71. The molecule has 110 valence electrons. The maximum absolute atomic E-state index is 13.6. The Morgan fingerprint density at radius 1 is 1.10 bits per heavy atom. The summed E-state index contributed by atoms with van der Waals surface area (Å²) in [5.74, 6) is -4.41. The fraction of sp³-hybridized carbons (Fsp3) is 0. The van der Waals surface area contributed by atoms with Crippen LogP contribution < -0.4 is 4.74 Å². The number of halogens is 5. The first-order chi connectivity index (χ1) is 9.79. The fourth-order valence-corrected chi connectivity index (χ4v) is 2.33. The lowest BCUT2D eigenvalue weighted by Gasteiger charge is -2.09. The number of nitro benzene ring substituents is 1. The van der Waals surface area contributed by atoms with E-state index < -0.39 is 39.6 Å². The smallest absolute Gasteiger partial charge is 0.312 e. The van der Waals surface area contributed by atoms with Gasteiger partial charge in [-0.05, 0) is 34.7 Å². The van der Waals surface area contributed by atoms with Crippen LogP contribution in [0.25, 0.3) is 0 Å². The molecule has 2 aromatic rings. The summed E-state index contributed by atoms with van der Waals surface area (Å²) in [6, 6.07) is 3.64. The van der Waals surface area contributed by atoms with Crippen LogP contribution >= 0.6 is 38.5 Å². The molecule has 0 spiro atoms. The summed E-state index contributed by atoms with van der Waals surface area (Å²) in [6.45, 7) is 0. The van der Waals surface area contributed by atoms with E-state index in [2.05, 4.69) is 15.9 Å². The highest BCUT2D eigenvalue weighted by molar-refractivity contribution is 14.1. The molecular weight excluding hydrogens is 470 g/mol. The van der Waals surface area contributed by atoms with Gasteiger partial charge in [-0.25, -0.2) is 8.78 Å². The van der Waals surface area contributed by atoms with Crippen LogP contribution in [0.3, 0.4) is 0 Å². The lowest BCUT2D eigenvalue weighted by Crippen LogP contribution is -1.98. The van der Waals surface area contributed by atoms with E-state index in [1.165, 1.54) is 0 Å². The number of benzene rings is 2. The summed E-state index contributed by atoms with van der Waals surface area (Å²) in [6.07, 6.45) is 0. The van der Waals surface area contributed by atoms with Crippen molar-refractivity contribution in [2.24, 2.45) is 0 Å². The van der Waals surface area contributed by atoms with Gasteiger partial charge < -0.3 is 4.74 Å². The zero-order chi connectivity index (χ0) is 15.7. The zero-order valence-electron chi connectivity index (χ0n) is 9.87. The van der Waals surface area contributed by atoms with Crippen molar-refractivity contribution in [2.75, 3.05) is 0 Å². The first-order valence-corrected chi connectivity index (χ1v) is 7.12. The first kappa shape index (κ1) is 16.0. The summed E-state index contributed by atoms with van der Waals surface area (Å²) in [5.41, 5.74) is -0.555. The quantitative estimate of drug-likeness (QED) is 0.267. The molecule has 0 atom stereocenters. The largest absolute Gasteiger partial charge is 0.447 e. The molecular formula is C12H4BrF3INO3. The van der Waals surface area contributed by atoms with Crippen LogP contribution in [0.5, 0.6) is 11.5 Å². The molecule has 0 saturated heterocycles. The molecule has 0 fully saturated rings. The minimum absolute atomic E-state index is 0.00699. The van der Waals surface area contributed by atoms with E-state index in [9.17, 15) is 23.3 Å². The minimum atomic E-state index is -1.33. The highest BCUT2D eigenvalue weighted by atomic mass is 127. The van der Waals surface area contributed by atoms with Gasteiger partial charge in [0.05, 0.1) is 8.49 Å². The molecule has 0 heterocycles. The lowest BCUT2D eigenvalue weighted by atomic mass is 10.2. The third-order valence-corrected chi connectivity index (χ3v) is 3.66. The van der Waals surface area contributed by atoms with Crippen LogP contribution in [0.15, 0.2) is 28.7 Å². The van der Waals surface area contributed by atoms with Crippen LogP contribution in [0.4, 0.5) is 18.9 Å². The van der Waals surface area contributed by atoms with Crippen LogP contribution in [-0.2, 0) is 0 Å². The van der Waals surface area contributed by atoms with Crippen LogP contribution in [-0.4, -0.2) is 4.92 Å². The maximum Gasteiger partial charge on any atom is 0.312 e. The molecule has 0 unspecified atom stereocenters. The van der Waals surface area contributed by atoms with E-state index in [0.29, 0.717) is 0 Å². The Hall–Kier alpha value is -1.36. The van der Waals surface area contributed by atoms with Crippen molar-refractivity contribution in [3.8, 4) is 11.5 Å². The van der Waals surface area contributed by atoms with Crippen molar-refractivity contribution in [1.29, 1.82) is 0 Å². The highest BCUT2D eigenvalue weighted by Gasteiger charge is 2.22. The topological polar surface area (TPSA) is 52.4 Å². The van der Waals surface area contributed by atoms with Gasteiger partial charge in [0.25, 0.3) is 0 Å². The van der Waals surface area contributed by atoms with Crippen molar-refractivity contribution in [3.63, 3.8) is 0 Å². The normalized spacial score (nSPS) is 10.5. The molecule has 21 heavy (non-hydrogen) atoms. The second-order valence-corrected chi connectivity index (χ2v) is 5.87. The number of nitro groups is 1. The molecule has 0 aliphatic heterocycles. The van der Waals surface area contributed by atoms with Gasteiger partial charge in [-0.3, -0.25) is 10.1 Å². The molecule has 0 N–H and O–H groups in total. The molecule has 4 nitrogen and oxygen atoms in total. The Morgan fingerprint density at radius 3 is 2.38 bits per heavy atom. The van der Waals surface area contributed by atoms with Gasteiger partial charge in [-0.15, -0.1) is 0 Å². The maximum atomic E-state index is 13.6. The number of ether oxygens (including phenoxy) is 1. The highest BCUT2D eigenvalue weighted by Crippen LogP contribution is 2.36. The average Bonchev–Trinajstić information content (AvgIpc) is 2.39. The third kappa shape index (κ3) is 3.46. The van der Waals surface area contributed by atoms with Crippen LogP contribution in [0.1, 0.15) is 0 Å². The summed E-state index contributed by atoms with van der Waals surface area (Å²) in [7, 11) is 0. The van der Waals surface area contributed by atoms with E-state index in [0.717, 1.165) is 24.3 Å². The molecule has 0 aliphatic rings. The summed E-state index contributed by atoms with van der Waals surface area (Å²) >= 11 is 4.51. The minimum Gasteiger partial charge on any atom is -0.447 e. The zero-order valence-corrected chi connectivity index (χ0v) is 13.6. The third-order valence-electron chi connectivity index (χ3n) is 2.38. The predicted octanol–water partition coefficient (Wildman–Crippen LogP) is 5.17. The Morgan fingerprint density at radius 2 is 1.76 bits per heavy atom. The van der Waals surface area contributed by atoms with Gasteiger partial charge in [0.15, 0.2) is 11.6 Å². The number of hydrogen-bond donors (Lipinski definition) is 0. The Bertz CT molecular complexity index is 742. The predicted molar refractivity (Wildman–Crippen MR) is 79.9 cm³/mol. The van der Waals surface area contributed by atoms with Gasteiger partial charge in [0, 0.05) is 16.6 Å². The molecule has 2 aromatic carbocycles. The van der Waals surface area contributed by atoms with Crippen LogP contribution in [0.2, 0.25) is 0 Å². The number of hydrogen-bond acceptors (Lipinski definition) is 3. The average molecular weight is 474 g/mol. The second kappa shape index (κ2) is 6.18. The first-order valence-electron chi connectivity index (χ1n) is 5.25. The van der Waals surface area contributed by atoms with Gasteiger partial charge in [-0.1, -0.05) is 15.9 Å². The van der Waals surface area contributed by atoms with Gasteiger partial charge >= 0.3 is 5.69 Å². The van der Waals surface area contributed by atoms with E-state index in [4.69, 9.17) is 4.74 Å². The van der Waals surface area contributed by atoms with Gasteiger partial charge in [0.1, 0.15) is 5.82 Å². The number of rotatable bonds is 3. The van der Waals surface area contributed by atoms with E-state index in [1.54, 1.807) is 22.6 Å². The molecule has 0 radical (unpaired) electrons. The monoisotopic (exact) mass is 473 g/mol. The van der Waals surface area contributed by atoms with E-state index >= 15 is 0 Å². The van der Waals surface area contributed by atoms with E-state index in [1.807, 2.05) is 0 Å². The van der Waals surface area contributed by atoms with Crippen molar-refractivity contribution >= 4 is 44.2 Å². The molecule has 9 heteroatoms. The SMILES string of the molecule is O=[N+]([O-])c1cc(I)c(F)cc1Oc1cc(Br)cc(F)c1F. The molecule has 0 bridgehead atoms. The standard InChI is InChI=1S/C12H4BrF3INO3/c13-5-1-7(15)12(16)11(2-5)21-10-3-6(14)8(17)4-9(10)18(19)20/h1-4H. The van der Waals surface area contributed by atoms with Gasteiger partial charge in [0.2, 0.25) is 11.6 Å². The summed E-state index contributed by atoms with van der Waals surface area (Å²) < 4.78 is 45.5. The van der Waals surface area contributed by atoms with Crippen molar-refractivity contribution < 1.29 is 22.8 Å². The lowest BCUT2D eigenvalue weighted by molar-refractivity contribution is -0.385. The van der Waals surface area contributed by atoms with Gasteiger partial charge in [-0.2, -0.15) is 4.39 Å².